The Morgan fingerprint density at radius 2 is 2.04 bits per heavy atom. The molecule has 2 heterocycles. The number of hydrogen-bond acceptors (Lipinski definition) is 4. The van der Waals surface area contributed by atoms with Gasteiger partial charge in [0.05, 0.1) is 0 Å². The Morgan fingerprint density at radius 3 is 2.64 bits per heavy atom. The molecule has 0 radical (unpaired) electrons. The highest BCUT2D eigenvalue weighted by molar-refractivity contribution is 7.89. The number of aryl methyl sites for hydroxylation is 1. The molecule has 1 N–H and O–H groups in total. The number of hydrogen-bond donors (Lipinski definition) is 1. The quantitative estimate of drug-likeness (QED) is 0.738. The van der Waals surface area contributed by atoms with Crippen molar-refractivity contribution in [2.75, 3.05) is 0 Å². The lowest BCUT2D eigenvalue weighted by Crippen LogP contribution is -2.24. The summed E-state index contributed by atoms with van der Waals surface area (Å²) >= 11 is 5.64. The first-order valence-electron chi connectivity index (χ1n) is 7.27. The average Bonchev–Trinajstić information content (AvgIpc) is 2.99. The number of pyridine rings is 1. The van der Waals surface area contributed by atoms with Crippen LogP contribution in [0.25, 0.3) is 5.82 Å². The topological polar surface area (TPSA) is 76.9 Å². The molecule has 25 heavy (non-hydrogen) atoms. The molecule has 2 aromatic heterocycles. The second-order valence-electron chi connectivity index (χ2n) is 5.27. The van der Waals surface area contributed by atoms with Gasteiger partial charge in [-0.2, -0.15) is 0 Å². The van der Waals surface area contributed by atoms with Crippen molar-refractivity contribution in [2.45, 2.75) is 18.4 Å². The van der Waals surface area contributed by atoms with Crippen LogP contribution in [0, 0.1) is 12.7 Å². The van der Waals surface area contributed by atoms with Crippen molar-refractivity contribution in [1.29, 1.82) is 0 Å². The zero-order valence-electron chi connectivity index (χ0n) is 13.1. The minimum Gasteiger partial charge on any atom is -0.288 e. The maximum Gasteiger partial charge on any atom is 0.243 e. The molecule has 0 atom stereocenters. The molecule has 0 aliphatic rings. The van der Waals surface area contributed by atoms with Crippen molar-refractivity contribution in [1.82, 2.24) is 19.3 Å². The number of halogens is 2. The van der Waals surface area contributed by atoms with Crippen LogP contribution in [0.15, 0.2) is 53.8 Å². The first-order valence-corrected chi connectivity index (χ1v) is 9.13. The first kappa shape index (κ1) is 17.5. The van der Waals surface area contributed by atoms with Crippen LogP contribution in [0.1, 0.15) is 11.4 Å². The highest BCUT2D eigenvalue weighted by Gasteiger charge is 2.19. The molecule has 3 rings (SSSR count). The van der Waals surface area contributed by atoms with E-state index in [4.69, 9.17) is 11.6 Å². The van der Waals surface area contributed by atoms with Crippen molar-refractivity contribution < 1.29 is 12.8 Å². The van der Waals surface area contributed by atoms with E-state index in [0.717, 1.165) is 18.0 Å². The summed E-state index contributed by atoms with van der Waals surface area (Å²) in [7, 11) is -3.99. The molecule has 9 heteroatoms. The van der Waals surface area contributed by atoms with Crippen molar-refractivity contribution in [3.05, 3.63) is 71.2 Å². The minimum atomic E-state index is -3.99. The van der Waals surface area contributed by atoms with Crippen molar-refractivity contribution in [2.24, 2.45) is 0 Å². The zero-order valence-corrected chi connectivity index (χ0v) is 14.7. The Kier molecular flexibility index (Phi) is 4.85. The Hall–Kier alpha value is -2.29. The molecule has 1 aromatic carbocycles. The van der Waals surface area contributed by atoms with E-state index in [9.17, 15) is 12.8 Å². The van der Waals surface area contributed by atoms with E-state index in [1.54, 1.807) is 35.3 Å². The van der Waals surface area contributed by atoms with Gasteiger partial charge in [-0.3, -0.25) is 4.57 Å². The van der Waals surface area contributed by atoms with Gasteiger partial charge in [0.15, 0.2) is 0 Å². The fourth-order valence-corrected chi connectivity index (χ4v) is 3.47. The highest BCUT2D eigenvalue weighted by atomic mass is 35.5. The molecular formula is C16H14ClFN4O2S. The monoisotopic (exact) mass is 380 g/mol. The number of sulfonamides is 1. The van der Waals surface area contributed by atoms with Gasteiger partial charge in [0.2, 0.25) is 10.0 Å². The third kappa shape index (κ3) is 3.87. The SMILES string of the molecule is Cc1nccn1-c1ccc(CNS(=O)(=O)c2ccc(Cl)cc2F)cn1. The average molecular weight is 381 g/mol. The molecule has 0 spiro atoms. The zero-order chi connectivity index (χ0) is 18.0. The number of benzene rings is 1. The summed E-state index contributed by atoms with van der Waals surface area (Å²) in [5, 5.41) is 0.131. The van der Waals surface area contributed by atoms with Crippen LogP contribution in [0.2, 0.25) is 5.02 Å². The van der Waals surface area contributed by atoms with E-state index < -0.39 is 20.7 Å². The lowest BCUT2D eigenvalue weighted by Gasteiger charge is -2.09. The summed E-state index contributed by atoms with van der Waals surface area (Å²) in [6.07, 6.45) is 5.00. The molecule has 3 aromatic rings. The van der Waals surface area contributed by atoms with Gasteiger partial charge in [0.25, 0.3) is 0 Å². The number of imidazole rings is 1. The Morgan fingerprint density at radius 1 is 1.24 bits per heavy atom. The number of aromatic nitrogens is 3. The largest absolute Gasteiger partial charge is 0.288 e. The molecule has 0 saturated heterocycles. The summed E-state index contributed by atoms with van der Waals surface area (Å²) in [5.41, 5.74) is 0.638. The summed E-state index contributed by atoms with van der Waals surface area (Å²) in [4.78, 5) is 7.95. The van der Waals surface area contributed by atoms with E-state index in [1.165, 1.54) is 6.07 Å². The van der Waals surface area contributed by atoms with Crippen molar-refractivity contribution >= 4 is 21.6 Å². The van der Waals surface area contributed by atoms with Crippen LogP contribution in [0.5, 0.6) is 0 Å². The van der Waals surface area contributed by atoms with Crippen LogP contribution in [0.4, 0.5) is 4.39 Å². The summed E-state index contributed by atoms with van der Waals surface area (Å²) < 4.78 is 42.4. The van der Waals surface area contributed by atoms with E-state index in [-0.39, 0.29) is 11.6 Å². The molecule has 0 fully saturated rings. The molecule has 0 unspecified atom stereocenters. The molecule has 0 saturated carbocycles. The van der Waals surface area contributed by atoms with E-state index in [1.807, 2.05) is 6.92 Å². The second kappa shape index (κ2) is 6.91. The van der Waals surface area contributed by atoms with Gasteiger partial charge in [-0.1, -0.05) is 17.7 Å². The first-order chi connectivity index (χ1) is 11.9. The minimum absolute atomic E-state index is 0.0133. The van der Waals surface area contributed by atoms with Crippen molar-refractivity contribution in [3.8, 4) is 5.82 Å². The summed E-state index contributed by atoms with van der Waals surface area (Å²) in [5.74, 6) is 0.563. The Labute approximate surface area is 149 Å². The predicted molar refractivity (Wildman–Crippen MR) is 91.5 cm³/mol. The van der Waals surface area contributed by atoms with Gasteiger partial charge in [0.1, 0.15) is 22.4 Å². The van der Waals surface area contributed by atoms with Gasteiger partial charge < -0.3 is 0 Å². The predicted octanol–water partition coefficient (Wildman–Crippen LogP) is 2.85. The third-order valence-electron chi connectivity index (χ3n) is 3.53. The van der Waals surface area contributed by atoms with E-state index in [2.05, 4.69) is 14.7 Å². The summed E-state index contributed by atoms with van der Waals surface area (Å²) in [6, 6.07) is 6.90. The standard InChI is InChI=1S/C16H14ClFN4O2S/c1-11-19-6-7-22(11)16-5-2-12(9-20-16)10-21-25(23,24)15-4-3-13(17)8-14(15)18/h2-9,21H,10H2,1H3. The van der Waals surface area contributed by atoms with E-state index >= 15 is 0 Å². The van der Waals surface area contributed by atoms with Gasteiger partial charge in [-0.25, -0.2) is 27.5 Å². The normalized spacial score (nSPS) is 11.6. The third-order valence-corrected chi connectivity index (χ3v) is 5.20. The van der Waals surface area contributed by atoms with Crippen LogP contribution >= 0.6 is 11.6 Å². The lowest BCUT2D eigenvalue weighted by atomic mass is 10.3. The van der Waals surface area contributed by atoms with Gasteiger partial charge in [-0.15, -0.1) is 0 Å². The maximum absolute atomic E-state index is 13.8. The molecule has 6 nitrogen and oxygen atoms in total. The van der Waals surface area contributed by atoms with Crippen LogP contribution in [0.3, 0.4) is 0 Å². The highest BCUT2D eigenvalue weighted by Crippen LogP contribution is 2.19. The van der Waals surface area contributed by atoms with Gasteiger partial charge in [-0.05, 0) is 36.8 Å². The molecule has 0 bridgehead atoms. The molecule has 0 aliphatic carbocycles. The fourth-order valence-electron chi connectivity index (χ4n) is 2.23. The Bertz CT molecular complexity index is 1000. The van der Waals surface area contributed by atoms with Crippen molar-refractivity contribution in [3.63, 3.8) is 0 Å². The molecule has 0 amide bonds. The summed E-state index contributed by atoms with van der Waals surface area (Å²) in [6.45, 7) is 1.84. The second-order valence-corrected chi connectivity index (χ2v) is 7.44. The van der Waals surface area contributed by atoms with Crippen LogP contribution in [-0.4, -0.2) is 23.0 Å². The van der Waals surface area contributed by atoms with E-state index in [0.29, 0.717) is 11.4 Å². The molecular weight excluding hydrogens is 367 g/mol. The number of rotatable bonds is 5. The Balaban J connectivity index is 1.74. The van der Waals surface area contributed by atoms with Crippen LogP contribution < -0.4 is 4.72 Å². The number of nitrogens with zero attached hydrogens (tertiary/aromatic N) is 3. The number of nitrogens with one attached hydrogen (secondary N) is 1. The lowest BCUT2D eigenvalue weighted by molar-refractivity contribution is 0.557. The maximum atomic E-state index is 13.8. The molecule has 130 valence electrons. The van der Waals surface area contributed by atoms with Crippen LogP contribution in [-0.2, 0) is 16.6 Å². The van der Waals surface area contributed by atoms with Gasteiger partial charge >= 0.3 is 0 Å². The fraction of sp³-hybridized carbons (Fsp3) is 0.125. The smallest absolute Gasteiger partial charge is 0.243 e. The molecule has 0 aliphatic heterocycles. The van der Waals surface area contributed by atoms with Gasteiger partial charge in [0, 0.05) is 30.2 Å².